The second kappa shape index (κ2) is 7.77. The van der Waals surface area contributed by atoms with Gasteiger partial charge in [0.1, 0.15) is 0 Å². The summed E-state index contributed by atoms with van der Waals surface area (Å²) in [6.45, 7) is 7.71. The molecular formula is C17H34N2O. The highest BCUT2D eigenvalue weighted by molar-refractivity contribution is 4.83. The molecular weight excluding hydrogens is 248 g/mol. The van der Waals surface area contributed by atoms with Gasteiger partial charge >= 0.3 is 0 Å². The van der Waals surface area contributed by atoms with E-state index in [1.54, 1.807) is 0 Å². The maximum Gasteiger partial charge on any atom is 0.0641 e. The predicted molar refractivity (Wildman–Crippen MR) is 85.2 cm³/mol. The predicted octanol–water partition coefficient (Wildman–Crippen LogP) is 3.19. The van der Waals surface area contributed by atoms with Gasteiger partial charge in [-0.15, -0.1) is 0 Å². The second-order valence-corrected chi connectivity index (χ2v) is 7.38. The van der Waals surface area contributed by atoms with Crippen molar-refractivity contribution in [2.24, 2.45) is 0 Å². The standard InChI is InChI=1S/C17H34N2O/c1-17(2)14-15(10-13-20-17)18-11-7-12-19(3)16-8-5-4-6-9-16/h15-16,18H,4-14H2,1-3H3. The zero-order chi connectivity index (χ0) is 14.4. The number of nitrogens with zero attached hydrogens (tertiary/aromatic N) is 1. The van der Waals surface area contributed by atoms with E-state index in [1.165, 1.54) is 51.5 Å². The minimum atomic E-state index is 0.0643. The Morgan fingerprint density at radius 3 is 2.60 bits per heavy atom. The number of ether oxygens (including phenoxy) is 1. The lowest BCUT2D eigenvalue weighted by Crippen LogP contribution is -2.44. The van der Waals surface area contributed by atoms with Crippen LogP contribution in [0.1, 0.15) is 65.2 Å². The van der Waals surface area contributed by atoms with Crippen LogP contribution in [-0.2, 0) is 4.74 Å². The summed E-state index contributed by atoms with van der Waals surface area (Å²) in [5, 5.41) is 3.73. The van der Waals surface area contributed by atoms with Gasteiger partial charge in [0, 0.05) is 18.7 Å². The van der Waals surface area contributed by atoms with Gasteiger partial charge < -0.3 is 15.0 Å². The van der Waals surface area contributed by atoms with E-state index in [9.17, 15) is 0 Å². The molecule has 1 heterocycles. The number of nitrogens with one attached hydrogen (secondary N) is 1. The van der Waals surface area contributed by atoms with Crippen molar-refractivity contribution >= 4 is 0 Å². The number of hydrogen-bond donors (Lipinski definition) is 1. The summed E-state index contributed by atoms with van der Waals surface area (Å²) in [5.74, 6) is 0. The topological polar surface area (TPSA) is 24.5 Å². The van der Waals surface area contributed by atoms with E-state index in [1.807, 2.05) is 0 Å². The van der Waals surface area contributed by atoms with Crippen LogP contribution in [0.3, 0.4) is 0 Å². The average Bonchev–Trinajstić information content (AvgIpc) is 2.43. The van der Waals surface area contributed by atoms with Crippen LogP contribution in [0.4, 0.5) is 0 Å². The molecule has 2 rings (SSSR count). The number of hydrogen-bond acceptors (Lipinski definition) is 3. The molecule has 20 heavy (non-hydrogen) atoms. The quantitative estimate of drug-likeness (QED) is 0.757. The molecule has 2 aliphatic rings. The van der Waals surface area contributed by atoms with Crippen LogP contribution in [0.15, 0.2) is 0 Å². The molecule has 1 aliphatic heterocycles. The molecule has 1 unspecified atom stereocenters. The fourth-order valence-corrected chi connectivity index (χ4v) is 3.75. The summed E-state index contributed by atoms with van der Waals surface area (Å²) in [4.78, 5) is 2.59. The average molecular weight is 282 g/mol. The highest BCUT2D eigenvalue weighted by Crippen LogP contribution is 2.24. The fourth-order valence-electron chi connectivity index (χ4n) is 3.75. The van der Waals surface area contributed by atoms with Crippen molar-refractivity contribution in [2.45, 2.75) is 82.9 Å². The van der Waals surface area contributed by atoms with Crippen LogP contribution in [0.5, 0.6) is 0 Å². The Kier molecular flexibility index (Phi) is 6.31. The molecule has 0 amide bonds. The minimum absolute atomic E-state index is 0.0643. The zero-order valence-electron chi connectivity index (χ0n) is 13.8. The Bertz CT molecular complexity index is 274. The lowest BCUT2D eigenvalue weighted by Gasteiger charge is -2.36. The van der Waals surface area contributed by atoms with Crippen molar-refractivity contribution in [1.29, 1.82) is 0 Å². The Morgan fingerprint density at radius 2 is 1.90 bits per heavy atom. The van der Waals surface area contributed by atoms with Gasteiger partial charge in [0.15, 0.2) is 0 Å². The van der Waals surface area contributed by atoms with Crippen molar-refractivity contribution in [2.75, 3.05) is 26.7 Å². The Hall–Kier alpha value is -0.120. The van der Waals surface area contributed by atoms with Crippen LogP contribution >= 0.6 is 0 Å². The van der Waals surface area contributed by atoms with Gasteiger partial charge in [-0.2, -0.15) is 0 Å². The molecule has 118 valence electrons. The minimum Gasteiger partial charge on any atom is -0.375 e. The SMILES string of the molecule is CN(CCCNC1CCOC(C)(C)C1)C1CCCCC1. The van der Waals surface area contributed by atoms with Crippen LogP contribution in [-0.4, -0.2) is 49.3 Å². The van der Waals surface area contributed by atoms with Crippen molar-refractivity contribution in [3.8, 4) is 0 Å². The second-order valence-electron chi connectivity index (χ2n) is 7.38. The summed E-state index contributed by atoms with van der Waals surface area (Å²) >= 11 is 0. The normalized spacial score (nSPS) is 27.9. The van der Waals surface area contributed by atoms with Crippen LogP contribution < -0.4 is 5.32 Å². The molecule has 1 aliphatic carbocycles. The fraction of sp³-hybridized carbons (Fsp3) is 1.00. The van der Waals surface area contributed by atoms with Crippen molar-refractivity contribution in [1.82, 2.24) is 10.2 Å². The monoisotopic (exact) mass is 282 g/mol. The van der Waals surface area contributed by atoms with Crippen LogP contribution in [0, 0.1) is 0 Å². The van der Waals surface area contributed by atoms with Gasteiger partial charge in [-0.3, -0.25) is 0 Å². The molecule has 1 saturated heterocycles. The van der Waals surface area contributed by atoms with E-state index in [-0.39, 0.29) is 5.60 Å². The van der Waals surface area contributed by atoms with Gasteiger partial charge in [-0.05, 0) is 66.1 Å². The third-order valence-electron chi connectivity index (χ3n) is 5.02. The first-order valence-corrected chi connectivity index (χ1v) is 8.64. The highest BCUT2D eigenvalue weighted by Gasteiger charge is 2.28. The molecule has 0 aromatic heterocycles. The molecule has 0 aromatic carbocycles. The molecule has 0 bridgehead atoms. The van der Waals surface area contributed by atoms with Gasteiger partial charge in [0.2, 0.25) is 0 Å². The number of rotatable bonds is 6. The van der Waals surface area contributed by atoms with E-state index in [0.29, 0.717) is 6.04 Å². The maximum absolute atomic E-state index is 5.77. The van der Waals surface area contributed by atoms with Gasteiger partial charge in [0.25, 0.3) is 0 Å². The van der Waals surface area contributed by atoms with Crippen LogP contribution in [0.2, 0.25) is 0 Å². The van der Waals surface area contributed by atoms with Gasteiger partial charge in [-0.25, -0.2) is 0 Å². The Labute approximate surface area is 125 Å². The van der Waals surface area contributed by atoms with E-state index in [4.69, 9.17) is 4.74 Å². The smallest absolute Gasteiger partial charge is 0.0641 e. The lowest BCUT2D eigenvalue weighted by molar-refractivity contribution is -0.0628. The first-order valence-electron chi connectivity index (χ1n) is 8.64. The summed E-state index contributed by atoms with van der Waals surface area (Å²) in [7, 11) is 2.31. The molecule has 1 N–H and O–H groups in total. The zero-order valence-corrected chi connectivity index (χ0v) is 13.8. The Balaban J connectivity index is 1.56. The van der Waals surface area contributed by atoms with E-state index in [2.05, 4.69) is 31.1 Å². The maximum atomic E-state index is 5.77. The summed E-state index contributed by atoms with van der Waals surface area (Å²) in [6, 6.07) is 1.50. The third kappa shape index (κ3) is 5.34. The molecule has 0 radical (unpaired) electrons. The first-order chi connectivity index (χ1) is 9.57. The lowest BCUT2D eigenvalue weighted by atomic mass is 9.94. The van der Waals surface area contributed by atoms with Gasteiger partial charge in [0.05, 0.1) is 5.60 Å². The molecule has 0 aromatic rings. The molecule has 0 spiro atoms. The molecule has 3 heteroatoms. The Morgan fingerprint density at radius 1 is 1.15 bits per heavy atom. The highest BCUT2D eigenvalue weighted by atomic mass is 16.5. The summed E-state index contributed by atoms with van der Waals surface area (Å²) in [6.07, 6.45) is 10.7. The van der Waals surface area contributed by atoms with E-state index >= 15 is 0 Å². The van der Waals surface area contributed by atoms with Gasteiger partial charge in [-0.1, -0.05) is 19.3 Å². The third-order valence-corrected chi connectivity index (χ3v) is 5.02. The molecule has 2 fully saturated rings. The molecule has 1 saturated carbocycles. The molecule has 3 nitrogen and oxygen atoms in total. The van der Waals surface area contributed by atoms with E-state index in [0.717, 1.165) is 25.6 Å². The van der Waals surface area contributed by atoms with Crippen molar-refractivity contribution in [3.63, 3.8) is 0 Å². The van der Waals surface area contributed by atoms with Crippen LogP contribution in [0.25, 0.3) is 0 Å². The first kappa shape index (κ1) is 16.3. The summed E-state index contributed by atoms with van der Waals surface area (Å²) < 4.78 is 5.77. The van der Waals surface area contributed by atoms with Crippen molar-refractivity contribution < 1.29 is 4.74 Å². The van der Waals surface area contributed by atoms with E-state index < -0.39 is 0 Å². The summed E-state index contributed by atoms with van der Waals surface area (Å²) in [5.41, 5.74) is 0.0643. The largest absolute Gasteiger partial charge is 0.375 e. The molecule has 1 atom stereocenters. The van der Waals surface area contributed by atoms with Crippen molar-refractivity contribution in [3.05, 3.63) is 0 Å².